The number of aliphatic hydroxyl groups is 5. The van der Waals surface area contributed by atoms with Crippen LogP contribution in [0.1, 0.15) is 69.7 Å². The van der Waals surface area contributed by atoms with Crippen molar-refractivity contribution in [2.75, 3.05) is 31.5 Å². The van der Waals surface area contributed by atoms with Crippen molar-refractivity contribution in [3.63, 3.8) is 0 Å². The average molecular weight is 1810 g/mol. The molecule has 0 saturated carbocycles. The van der Waals surface area contributed by atoms with Crippen LogP contribution >= 0.6 is 103 Å². The smallest absolute Gasteiger partial charge is 0.812 e. The molecule has 63 heavy (non-hydrogen) atoms. The van der Waals surface area contributed by atoms with Gasteiger partial charge in [0.2, 0.25) is 0 Å². The summed E-state index contributed by atoms with van der Waals surface area (Å²) in [6, 6.07) is 0. The predicted octanol–water partition coefficient (Wildman–Crippen LogP) is 5.01. The van der Waals surface area contributed by atoms with Gasteiger partial charge in [-0.25, -0.2) is 0 Å². The summed E-state index contributed by atoms with van der Waals surface area (Å²) in [5.41, 5.74) is 32.4. The summed E-state index contributed by atoms with van der Waals surface area (Å²) in [7, 11) is 6.45. The van der Waals surface area contributed by atoms with E-state index in [2.05, 4.69) is 85.5 Å². The van der Waals surface area contributed by atoms with Crippen molar-refractivity contribution in [3.8, 4) is 0 Å². The zero-order valence-electron chi connectivity index (χ0n) is 36.2. The number of hydrogen-bond donors (Lipinski definition) is 9. The molecule has 11 N–H and O–H groups in total. The van der Waals surface area contributed by atoms with E-state index in [0.717, 1.165) is 6.21 Å². The molecule has 0 aromatic carbocycles. The van der Waals surface area contributed by atoms with Gasteiger partial charge < -0.3 is 80.3 Å². The number of rotatable bonds is 9. The first-order chi connectivity index (χ1) is 26.2. The molecule has 0 rings (SSSR count). The molecular formula is C30H68Br3Cl3IN11NaO11W3-. The van der Waals surface area contributed by atoms with Gasteiger partial charge in [-0.1, -0.05) is 63.3 Å². The molecule has 378 valence electrons. The monoisotopic (exact) mass is 1800 g/mol. The van der Waals surface area contributed by atoms with Gasteiger partial charge >= 0.3 is 71.7 Å². The van der Waals surface area contributed by atoms with E-state index in [1.165, 1.54) is 45.7 Å². The molecule has 0 saturated heterocycles. The number of alkyl halides is 4. The van der Waals surface area contributed by atoms with E-state index < -0.39 is 22.6 Å². The van der Waals surface area contributed by atoms with Crippen molar-refractivity contribution in [2.45, 2.75) is 105 Å². The largest absolute Gasteiger partial charge is 2.00 e. The molecule has 0 aromatic heterocycles. The summed E-state index contributed by atoms with van der Waals surface area (Å²) in [6.07, 6.45) is 0.380. The SMILES string of the molecule is BrBr.C.CC(=O)CBr.CC(=O)CN=[N+]=[N-].CC(C)=O.CC(O)C=[N-].CC(O)CN.CC(O)C[NH-].ClC(Cl)Cl.I.OO.[CH2-]C=O.[CH2-]N=CC(C)O.[CH2-]NCC(C)O.[N-]=[N+]=[N-].[Na+].[W+2].[W+2].[W]. The molecule has 0 amide bonds. The molecule has 0 radical (unpaired) electrons. The second-order valence-corrected chi connectivity index (χ2v) is 11.3. The van der Waals surface area contributed by atoms with E-state index >= 15 is 0 Å². The number of carbonyl (C=O) groups excluding carboxylic acids is 4. The summed E-state index contributed by atoms with van der Waals surface area (Å²) >= 11 is 22.9. The number of aldehydes is 1. The Morgan fingerprint density at radius 2 is 1.10 bits per heavy atom. The molecule has 33 heteroatoms. The van der Waals surface area contributed by atoms with Crippen molar-refractivity contribution < 1.29 is 148 Å². The van der Waals surface area contributed by atoms with Crippen LogP contribution in [0.15, 0.2) is 10.1 Å². The predicted molar refractivity (Wildman–Crippen MR) is 267 cm³/mol. The molecular weight excluding hydrogens is 1740 g/mol. The zero-order valence-corrected chi connectivity index (χ0v) is 56.3. The van der Waals surface area contributed by atoms with E-state index in [4.69, 9.17) is 109 Å². The van der Waals surface area contributed by atoms with Gasteiger partial charge in [0.15, 0.2) is 4.30 Å². The van der Waals surface area contributed by atoms with Crippen molar-refractivity contribution >= 4 is 139 Å². The third-order valence-electron chi connectivity index (χ3n) is 2.16. The van der Waals surface area contributed by atoms with Crippen molar-refractivity contribution in [2.24, 2.45) is 15.8 Å². The van der Waals surface area contributed by atoms with Crippen LogP contribution < -0.4 is 40.6 Å². The summed E-state index contributed by atoms with van der Waals surface area (Å²) in [5.74, 6) is 0.225. The van der Waals surface area contributed by atoms with E-state index in [0.29, 0.717) is 24.7 Å². The van der Waals surface area contributed by atoms with E-state index in [1.807, 2.05) is 0 Å². The molecule has 0 spiro atoms. The van der Waals surface area contributed by atoms with Crippen molar-refractivity contribution in [1.29, 1.82) is 0 Å². The first-order valence-electron chi connectivity index (χ1n) is 14.7. The number of carbonyl (C=O) groups is 4. The average Bonchev–Trinajstić information content (AvgIpc) is 3.10. The fourth-order valence-electron chi connectivity index (χ4n) is 0.493. The molecule has 5 atom stereocenters. The number of ketones is 3. The quantitative estimate of drug-likeness (QED) is 0.0125. The third kappa shape index (κ3) is 612. The number of Topliss-reactive ketones (excluding diaryl/α,β-unsaturated/α-hetero) is 3. The number of halogens is 7. The van der Waals surface area contributed by atoms with Crippen LogP contribution in [0, 0.1) is 21.0 Å². The minimum absolute atomic E-state index is 0. The Labute approximate surface area is 496 Å². The summed E-state index contributed by atoms with van der Waals surface area (Å²) < 4.78 is -0.750. The third-order valence-corrected chi connectivity index (χ3v) is 2.95. The fraction of sp³-hybridized carbons (Fsp3) is 0.700. The number of aliphatic hydroxyl groups excluding tert-OH is 5. The number of nitrogens with two attached hydrogens (primary N) is 1. The molecule has 0 aliphatic carbocycles. The Morgan fingerprint density at radius 1 is 0.873 bits per heavy atom. The number of nitrogens with zero attached hydrogens (tertiary/aromatic N) is 8. The minimum Gasteiger partial charge on any atom is -0.812 e. The van der Waals surface area contributed by atoms with Gasteiger partial charge in [0, 0.05) is 79.1 Å². The van der Waals surface area contributed by atoms with Gasteiger partial charge in [-0.3, -0.25) is 32.1 Å². The number of azide groups is 1. The summed E-state index contributed by atoms with van der Waals surface area (Å²) in [4.78, 5) is 45.0. The first kappa shape index (κ1) is 126. The van der Waals surface area contributed by atoms with Gasteiger partial charge in [0.05, 0.1) is 24.1 Å². The second kappa shape index (κ2) is 144. The fourth-order valence-corrected chi connectivity index (χ4v) is 0.493. The van der Waals surface area contributed by atoms with Gasteiger partial charge in [0.1, 0.15) is 17.3 Å². The molecule has 0 fully saturated rings. The maximum Gasteiger partial charge on any atom is 2.00 e. The second-order valence-electron chi connectivity index (χ2n) is 8.74. The molecule has 0 aromatic rings. The first-order valence-corrected chi connectivity index (χ1v) is 20.9. The van der Waals surface area contributed by atoms with Crippen LogP contribution in [-0.2, 0) is 82.4 Å². The molecule has 5 unspecified atom stereocenters. The van der Waals surface area contributed by atoms with E-state index in [1.54, 1.807) is 27.7 Å². The Bertz CT molecular complexity index is 885. The molecule has 0 bridgehead atoms. The Kier molecular flexibility index (Phi) is 288. The molecule has 0 aliphatic heterocycles. The van der Waals surface area contributed by atoms with E-state index in [9.17, 15) is 14.4 Å². The Hall–Kier alpha value is 2.08. The van der Waals surface area contributed by atoms with Crippen LogP contribution in [0.5, 0.6) is 0 Å². The normalized spacial score (nSPS) is 9.24. The van der Waals surface area contributed by atoms with Crippen LogP contribution in [0.3, 0.4) is 0 Å². The standard InChI is InChI=1S/C4H10NO.C4H8NO.C3H5BrO.C3H5N3O.C3H9NO.C3H8NO.C3H6NO.C3H6O.C2H3O.CHCl3.CH4.Br2.HI.N3.Na.H2O2.3W/c2*1-4(6)3-5-2;1-3(5)2-4;1-3(7)2-5-6-4;3*1-3(5)2-4;1-3(2)4;1-2-3;2-1(3)4;;1-2;;1-3-2;;1-2;;;/h4-6H,2-3H2,1H3;3-4,6H,2H2,1H3;2H2,1H3;2H2,1H3;3,5H,2,4H2,1H3;3-5H,2H2,1H3;2-3,5H,1H3;1-2H3;2H,1H2;1H;1H4;;1H;;;1-2H;;;/q2*-1;;;;2*-1;;-1;;;;;-1;+1;;;2*+2. The number of hydrogen-bond acceptors (Lipinski definition) is 15. The van der Waals surface area contributed by atoms with Crippen LogP contribution in [0.4, 0.5) is 0 Å². The summed E-state index contributed by atoms with van der Waals surface area (Å²) in [5, 5.41) is 67.1. The Balaban J connectivity index is -0.0000000197. The zero-order chi connectivity index (χ0) is 49.4. The number of aliphatic imine (C=N–C) groups is 1. The van der Waals surface area contributed by atoms with Gasteiger partial charge in [-0.05, 0) is 80.7 Å². The van der Waals surface area contributed by atoms with Crippen molar-refractivity contribution in [3.05, 3.63) is 58.6 Å². The number of nitrogens with one attached hydrogen (secondary N) is 2. The van der Waals surface area contributed by atoms with Gasteiger partial charge in [0.25, 0.3) is 0 Å². The minimum atomic E-state index is -0.750. The molecule has 0 aliphatic rings. The summed E-state index contributed by atoms with van der Waals surface area (Å²) in [6.45, 7) is 17.8. The van der Waals surface area contributed by atoms with Gasteiger partial charge in [-0.15, -0.1) is 36.7 Å². The van der Waals surface area contributed by atoms with E-state index in [-0.39, 0.29) is 167 Å². The molecule has 22 nitrogen and oxygen atoms in total. The van der Waals surface area contributed by atoms with Crippen LogP contribution in [0.2, 0.25) is 0 Å². The van der Waals surface area contributed by atoms with Crippen molar-refractivity contribution in [1.82, 2.24) is 5.32 Å². The van der Waals surface area contributed by atoms with Crippen LogP contribution in [0.25, 0.3) is 37.6 Å². The van der Waals surface area contributed by atoms with Gasteiger partial charge in [-0.2, -0.15) is 13.3 Å². The Morgan fingerprint density at radius 3 is 1.11 bits per heavy atom. The van der Waals surface area contributed by atoms with Crippen LogP contribution in [-0.4, -0.2) is 138 Å². The topological polar surface area (TPSA) is 414 Å². The maximum atomic E-state index is 9.94. The molecule has 0 heterocycles. The maximum absolute atomic E-state index is 9.94.